The average Bonchev–Trinajstić information content (AvgIpc) is 3.64. The summed E-state index contributed by atoms with van der Waals surface area (Å²) in [6.45, 7) is 5.74. The number of rotatable bonds is 5. The van der Waals surface area contributed by atoms with Gasteiger partial charge in [-0.25, -0.2) is 9.67 Å². The fourth-order valence-corrected chi connectivity index (χ4v) is 4.42. The first-order valence-corrected chi connectivity index (χ1v) is 11.8. The van der Waals surface area contributed by atoms with E-state index in [1.165, 1.54) is 5.56 Å². The van der Waals surface area contributed by atoms with Crippen LogP contribution in [0, 0.1) is 6.92 Å². The molecule has 0 radical (unpaired) electrons. The Morgan fingerprint density at radius 3 is 2.77 bits per heavy atom. The molecule has 1 atom stereocenters. The number of fused-ring (bicyclic) bond motifs is 1. The first-order chi connectivity index (χ1) is 17.1. The van der Waals surface area contributed by atoms with Crippen molar-refractivity contribution in [3.05, 3.63) is 54.0 Å². The molecule has 10 heteroatoms. The van der Waals surface area contributed by atoms with Gasteiger partial charge in [-0.05, 0) is 18.9 Å². The van der Waals surface area contributed by atoms with Gasteiger partial charge in [0.1, 0.15) is 5.52 Å². The van der Waals surface area contributed by atoms with Crippen molar-refractivity contribution in [3.63, 3.8) is 0 Å². The van der Waals surface area contributed by atoms with Gasteiger partial charge in [0, 0.05) is 37.5 Å². The number of aromatic nitrogens is 4. The number of benzene rings is 1. The summed E-state index contributed by atoms with van der Waals surface area (Å²) < 4.78 is 18.5. The summed E-state index contributed by atoms with van der Waals surface area (Å²) in [5.41, 5.74) is 4.25. The van der Waals surface area contributed by atoms with Crippen LogP contribution in [0.5, 0.6) is 0 Å². The Morgan fingerprint density at radius 1 is 1.09 bits per heavy atom. The van der Waals surface area contributed by atoms with Crippen LogP contribution in [0.25, 0.3) is 28.2 Å². The molecule has 6 rings (SSSR count). The van der Waals surface area contributed by atoms with Gasteiger partial charge in [-0.2, -0.15) is 10.1 Å². The van der Waals surface area contributed by atoms with Gasteiger partial charge in [0.15, 0.2) is 17.2 Å². The number of ether oxygens (including phenoxy) is 2. The number of hydrogen-bond donors (Lipinski definition) is 1. The zero-order chi connectivity index (χ0) is 23.8. The van der Waals surface area contributed by atoms with Crippen molar-refractivity contribution < 1.29 is 18.7 Å². The second kappa shape index (κ2) is 9.12. The van der Waals surface area contributed by atoms with Gasteiger partial charge in [-0.3, -0.25) is 4.79 Å². The molecule has 2 fully saturated rings. The molecule has 10 nitrogen and oxygen atoms in total. The third-order valence-electron chi connectivity index (χ3n) is 6.28. The smallest absolute Gasteiger partial charge is 0.287 e. The van der Waals surface area contributed by atoms with Crippen LogP contribution in [0.2, 0.25) is 0 Å². The number of hydrogen-bond acceptors (Lipinski definition) is 8. The van der Waals surface area contributed by atoms with Gasteiger partial charge in [-0.15, -0.1) is 0 Å². The molecule has 0 saturated carbocycles. The summed E-state index contributed by atoms with van der Waals surface area (Å²) in [7, 11) is 0. The highest BCUT2D eigenvalue weighted by Gasteiger charge is 2.25. The minimum absolute atomic E-state index is 0.0137. The zero-order valence-corrected chi connectivity index (χ0v) is 19.4. The van der Waals surface area contributed by atoms with Gasteiger partial charge in [0.2, 0.25) is 0 Å². The predicted molar refractivity (Wildman–Crippen MR) is 129 cm³/mol. The van der Waals surface area contributed by atoms with Gasteiger partial charge in [-0.1, -0.05) is 29.8 Å². The van der Waals surface area contributed by atoms with E-state index in [0.717, 1.165) is 17.5 Å². The molecular formula is C25H26N6O4. The number of morpholine rings is 1. The number of furan rings is 1. The van der Waals surface area contributed by atoms with Crippen LogP contribution >= 0.6 is 0 Å². The van der Waals surface area contributed by atoms with Crippen molar-refractivity contribution in [2.75, 3.05) is 44.4 Å². The fourth-order valence-electron chi connectivity index (χ4n) is 4.42. The maximum atomic E-state index is 12.8. The first-order valence-electron chi connectivity index (χ1n) is 11.8. The quantitative estimate of drug-likeness (QED) is 0.471. The highest BCUT2D eigenvalue weighted by molar-refractivity contribution is 5.97. The number of carbonyl (C=O) groups excluding carboxylic acids is 1. The van der Waals surface area contributed by atoms with E-state index in [0.29, 0.717) is 62.4 Å². The van der Waals surface area contributed by atoms with E-state index in [2.05, 4.69) is 34.4 Å². The van der Waals surface area contributed by atoms with E-state index in [1.807, 2.05) is 18.3 Å². The van der Waals surface area contributed by atoms with Crippen LogP contribution in [0.3, 0.4) is 0 Å². The normalized spacial score (nSPS) is 18.3. The van der Waals surface area contributed by atoms with Crippen molar-refractivity contribution in [2.45, 2.75) is 19.4 Å². The summed E-state index contributed by atoms with van der Waals surface area (Å²) in [6, 6.07) is 9.90. The molecule has 0 spiro atoms. The van der Waals surface area contributed by atoms with Crippen molar-refractivity contribution >= 4 is 22.8 Å². The second-order valence-corrected chi connectivity index (χ2v) is 8.85. The molecular weight excluding hydrogens is 448 g/mol. The van der Waals surface area contributed by atoms with E-state index < -0.39 is 0 Å². The number of anilines is 1. The van der Waals surface area contributed by atoms with Gasteiger partial charge in [0.25, 0.3) is 11.9 Å². The minimum atomic E-state index is -0.284. The van der Waals surface area contributed by atoms with Crippen LogP contribution in [0.15, 0.2) is 47.1 Å². The summed E-state index contributed by atoms with van der Waals surface area (Å²) in [5, 5.41) is 7.49. The van der Waals surface area contributed by atoms with Crippen molar-refractivity contribution in [1.82, 2.24) is 25.1 Å². The molecule has 35 heavy (non-hydrogen) atoms. The zero-order valence-electron chi connectivity index (χ0n) is 19.4. The number of nitrogens with zero attached hydrogens (tertiary/aromatic N) is 5. The largest absolute Gasteiger partial charge is 0.445 e. The van der Waals surface area contributed by atoms with E-state index in [-0.39, 0.29) is 17.7 Å². The second-order valence-electron chi connectivity index (χ2n) is 8.85. The monoisotopic (exact) mass is 474 g/mol. The highest BCUT2D eigenvalue weighted by Crippen LogP contribution is 2.29. The Balaban J connectivity index is 1.39. The van der Waals surface area contributed by atoms with Gasteiger partial charge < -0.3 is 24.1 Å². The lowest BCUT2D eigenvalue weighted by atomic mass is 10.1. The molecule has 1 amide bonds. The Hall–Kier alpha value is -3.76. The summed E-state index contributed by atoms with van der Waals surface area (Å²) >= 11 is 0. The molecule has 5 heterocycles. The van der Waals surface area contributed by atoms with E-state index in [1.54, 1.807) is 16.9 Å². The van der Waals surface area contributed by atoms with Crippen LogP contribution in [-0.4, -0.2) is 71.2 Å². The van der Waals surface area contributed by atoms with Crippen molar-refractivity contribution in [2.24, 2.45) is 0 Å². The van der Waals surface area contributed by atoms with Crippen LogP contribution in [-0.2, 0) is 9.47 Å². The lowest BCUT2D eigenvalue weighted by Crippen LogP contribution is -2.37. The summed E-state index contributed by atoms with van der Waals surface area (Å²) in [5.74, 6) is 0.960. The van der Waals surface area contributed by atoms with E-state index in [4.69, 9.17) is 23.9 Å². The molecule has 1 aromatic carbocycles. The SMILES string of the molecule is Cc1cccc(-c2cnn(-c3nc(N4CCOCC4)c4oc(C(=O)NC5CCOC5)cc4n3)c2)c1. The van der Waals surface area contributed by atoms with Crippen molar-refractivity contribution in [1.29, 1.82) is 0 Å². The van der Waals surface area contributed by atoms with E-state index >= 15 is 0 Å². The van der Waals surface area contributed by atoms with Crippen LogP contribution < -0.4 is 10.2 Å². The first kappa shape index (κ1) is 21.8. The number of carbonyl (C=O) groups is 1. The molecule has 2 aliphatic heterocycles. The molecule has 2 saturated heterocycles. The van der Waals surface area contributed by atoms with Gasteiger partial charge in [0.05, 0.1) is 32.1 Å². The third kappa shape index (κ3) is 4.38. The Labute approximate surface area is 201 Å². The van der Waals surface area contributed by atoms with E-state index in [9.17, 15) is 4.79 Å². The molecule has 1 unspecified atom stereocenters. The molecule has 3 aromatic heterocycles. The molecule has 180 valence electrons. The molecule has 0 aliphatic carbocycles. The lowest BCUT2D eigenvalue weighted by Gasteiger charge is -2.27. The average molecular weight is 475 g/mol. The number of aryl methyl sites for hydroxylation is 1. The van der Waals surface area contributed by atoms with Gasteiger partial charge >= 0.3 is 0 Å². The molecule has 0 bridgehead atoms. The Kier molecular flexibility index (Phi) is 5.67. The maximum Gasteiger partial charge on any atom is 0.287 e. The topological polar surface area (TPSA) is 108 Å². The predicted octanol–water partition coefficient (Wildman–Crippen LogP) is 2.74. The molecule has 1 N–H and O–H groups in total. The third-order valence-corrected chi connectivity index (χ3v) is 6.28. The summed E-state index contributed by atoms with van der Waals surface area (Å²) in [4.78, 5) is 24.4. The Bertz CT molecular complexity index is 1370. The molecule has 4 aromatic rings. The maximum absolute atomic E-state index is 12.8. The molecule has 2 aliphatic rings. The van der Waals surface area contributed by atoms with Crippen LogP contribution in [0.1, 0.15) is 22.5 Å². The van der Waals surface area contributed by atoms with Crippen LogP contribution in [0.4, 0.5) is 5.82 Å². The Morgan fingerprint density at radius 2 is 1.97 bits per heavy atom. The van der Waals surface area contributed by atoms with Crippen molar-refractivity contribution in [3.8, 4) is 17.1 Å². The fraction of sp³-hybridized carbons (Fsp3) is 0.360. The number of nitrogens with one attached hydrogen (secondary N) is 1. The summed E-state index contributed by atoms with van der Waals surface area (Å²) in [6.07, 6.45) is 4.50. The number of amides is 1. The minimum Gasteiger partial charge on any atom is -0.445 e. The lowest BCUT2D eigenvalue weighted by molar-refractivity contribution is 0.0904. The standard InChI is InChI=1S/C25H26N6O4/c1-16-3-2-4-17(11-16)18-13-26-31(14-18)25-28-20-12-21(24(32)27-19-5-8-34-15-19)35-22(20)23(29-25)30-6-9-33-10-7-30/h2-4,11-14,19H,5-10,15H2,1H3,(H,27,32). The highest BCUT2D eigenvalue weighted by atomic mass is 16.5.